The van der Waals surface area contributed by atoms with Gasteiger partial charge in [0.15, 0.2) is 0 Å². The third-order valence-electron chi connectivity index (χ3n) is 2.71. The summed E-state index contributed by atoms with van der Waals surface area (Å²) in [4.78, 5) is 11.9. The lowest BCUT2D eigenvalue weighted by molar-refractivity contribution is 0.102. The van der Waals surface area contributed by atoms with E-state index in [0.29, 0.717) is 16.8 Å². The Labute approximate surface area is 105 Å². The molecule has 0 bridgehead atoms. The topological polar surface area (TPSA) is 29.1 Å². The Bertz CT molecular complexity index is 593. The molecule has 0 saturated heterocycles. The molecule has 1 amide bonds. The highest BCUT2D eigenvalue weighted by molar-refractivity contribution is 6.04. The van der Waals surface area contributed by atoms with Gasteiger partial charge in [-0.3, -0.25) is 4.79 Å². The van der Waals surface area contributed by atoms with E-state index < -0.39 is 0 Å². The van der Waals surface area contributed by atoms with Crippen LogP contribution in [0.3, 0.4) is 0 Å². The summed E-state index contributed by atoms with van der Waals surface area (Å²) in [5.41, 5.74) is 2.60. The first-order chi connectivity index (χ1) is 8.56. The Morgan fingerprint density at radius 3 is 2.56 bits per heavy atom. The lowest BCUT2D eigenvalue weighted by Crippen LogP contribution is -2.12. The molecule has 0 saturated carbocycles. The molecule has 0 aliphatic carbocycles. The predicted octanol–water partition coefficient (Wildman–Crippen LogP) is 3.69. The van der Waals surface area contributed by atoms with E-state index in [1.165, 1.54) is 6.07 Å². The van der Waals surface area contributed by atoms with E-state index in [1.807, 2.05) is 19.1 Å². The second-order valence-electron chi connectivity index (χ2n) is 4.29. The van der Waals surface area contributed by atoms with Crippen LogP contribution in [0.4, 0.5) is 10.1 Å². The lowest BCUT2D eigenvalue weighted by atomic mass is 10.1. The van der Waals surface area contributed by atoms with Crippen molar-refractivity contribution in [3.8, 4) is 0 Å². The molecule has 0 unspecified atom stereocenters. The molecular weight excluding hydrogens is 229 g/mol. The first-order valence-corrected chi connectivity index (χ1v) is 5.70. The standard InChI is InChI=1S/C15H14FNO/c1-10-4-3-5-12(8-10)15(18)17-13-7-6-11(2)14(16)9-13/h3-9H,1-2H3,(H,17,18). The van der Waals surface area contributed by atoms with Crippen LogP contribution < -0.4 is 5.32 Å². The van der Waals surface area contributed by atoms with Gasteiger partial charge in [0.2, 0.25) is 0 Å². The maximum absolute atomic E-state index is 13.3. The minimum Gasteiger partial charge on any atom is -0.322 e. The molecule has 92 valence electrons. The van der Waals surface area contributed by atoms with E-state index in [2.05, 4.69) is 5.32 Å². The van der Waals surface area contributed by atoms with Crippen LogP contribution in [0.15, 0.2) is 42.5 Å². The van der Waals surface area contributed by atoms with Gasteiger partial charge in [-0.05, 0) is 43.7 Å². The zero-order chi connectivity index (χ0) is 13.1. The number of rotatable bonds is 2. The van der Waals surface area contributed by atoms with E-state index in [-0.39, 0.29) is 11.7 Å². The van der Waals surface area contributed by atoms with Gasteiger partial charge >= 0.3 is 0 Å². The van der Waals surface area contributed by atoms with Crippen molar-refractivity contribution in [2.75, 3.05) is 5.32 Å². The summed E-state index contributed by atoms with van der Waals surface area (Å²) in [6.07, 6.45) is 0. The molecule has 0 atom stereocenters. The number of aryl methyl sites for hydroxylation is 2. The number of hydrogen-bond donors (Lipinski definition) is 1. The normalized spacial score (nSPS) is 10.2. The molecule has 1 N–H and O–H groups in total. The van der Waals surface area contributed by atoms with Crippen LogP contribution >= 0.6 is 0 Å². The van der Waals surface area contributed by atoms with Gasteiger partial charge in [0.25, 0.3) is 5.91 Å². The Balaban J connectivity index is 2.18. The third-order valence-corrected chi connectivity index (χ3v) is 2.71. The number of carbonyl (C=O) groups excluding carboxylic acids is 1. The molecule has 2 rings (SSSR count). The lowest BCUT2D eigenvalue weighted by Gasteiger charge is -2.06. The fourth-order valence-electron chi connectivity index (χ4n) is 1.66. The average Bonchev–Trinajstić information content (AvgIpc) is 2.34. The number of benzene rings is 2. The summed E-state index contributed by atoms with van der Waals surface area (Å²) in [7, 11) is 0. The number of hydrogen-bond acceptors (Lipinski definition) is 1. The second-order valence-corrected chi connectivity index (χ2v) is 4.29. The van der Waals surface area contributed by atoms with Crippen LogP contribution in [0.5, 0.6) is 0 Å². The van der Waals surface area contributed by atoms with Gasteiger partial charge in [-0.15, -0.1) is 0 Å². The molecule has 2 nitrogen and oxygen atoms in total. The van der Waals surface area contributed by atoms with Crippen LogP contribution in [-0.2, 0) is 0 Å². The SMILES string of the molecule is Cc1cccc(C(=O)Nc2ccc(C)c(F)c2)c1. The fraction of sp³-hybridized carbons (Fsp3) is 0.133. The molecule has 0 aromatic heterocycles. The Morgan fingerprint density at radius 1 is 1.11 bits per heavy atom. The van der Waals surface area contributed by atoms with Crippen molar-refractivity contribution >= 4 is 11.6 Å². The molecule has 0 fully saturated rings. The number of carbonyl (C=O) groups is 1. The van der Waals surface area contributed by atoms with Gasteiger partial charge in [0.1, 0.15) is 5.82 Å². The fourth-order valence-corrected chi connectivity index (χ4v) is 1.66. The molecule has 2 aromatic carbocycles. The summed E-state index contributed by atoms with van der Waals surface area (Å²) >= 11 is 0. The van der Waals surface area contributed by atoms with Crippen molar-refractivity contribution in [1.29, 1.82) is 0 Å². The zero-order valence-corrected chi connectivity index (χ0v) is 10.3. The summed E-state index contributed by atoms with van der Waals surface area (Å²) < 4.78 is 13.3. The quantitative estimate of drug-likeness (QED) is 0.856. The van der Waals surface area contributed by atoms with Crippen molar-refractivity contribution in [3.63, 3.8) is 0 Å². The molecule has 0 aliphatic heterocycles. The average molecular weight is 243 g/mol. The van der Waals surface area contributed by atoms with Crippen LogP contribution in [0, 0.1) is 19.7 Å². The Hall–Kier alpha value is -2.16. The Morgan fingerprint density at radius 2 is 1.89 bits per heavy atom. The largest absolute Gasteiger partial charge is 0.322 e. The maximum atomic E-state index is 13.3. The minimum absolute atomic E-state index is 0.234. The van der Waals surface area contributed by atoms with Gasteiger partial charge in [-0.25, -0.2) is 4.39 Å². The second kappa shape index (κ2) is 5.00. The van der Waals surface area contributed by atoms with Crippen molar-refractivity contribution in [2.45, 2.75) is 13.8 Å². The van der Waals surface area contributed by atoms with E-state index >= 15 is 0 Å². The van der Waals surface area contributed by atoms with E-state index in [0.717, 1.165) is 5.56 Å². The summed E-state index contributed by atoms with van der Waals surface area (Å²) in [6.45, 7) is 3.60. The van der Waals surface area contributed by atoms with Gasteiger partial charge in [0.05, 0.1) is 0 Å². The van der Waals surface area contributed by atoms with Crippen LogP contribution in [0.1, 0.15) is 21.5 Å². The highest BCUT2D eigenvalue weighted by atomic mass is 19.1. The van der Waals surface area contributed by atoms with Crippen molar-refractivity contribution in [3.05, 3.63) is 65.0 Å². The van der Waals surface area contributed by atoms with Crippen molar-refractivity contribution in [1.82, 2.24) is 0 Å². The van der Waals surface area contributed by atoms with Crippen molar-refractivity contribution < 1.29 is 9.18 Å². The van der Waals surface area contributed by atoms with Gasteiger partial charge in [0, 0.05) is 11.3 Å². The number of nitrogens with one attached hydrogen (secondary N) is 1. The van der Waals surface area contributed by atoms with Gasteiger partial charge in [-0.1, -0.05) is 23.8 Å². The number of amides is 1. The molecule has 0 spiro atoms. The van der Waals surface area contributed by atoms with Crippen LogP contribution in [0.2, 0.25) is 0 Å². The van der Waals surface area contributed by atoms with Crippen molar-refractivity contribution in [2.24, 2.45) is 0 Å². The van der Waals surface area contributed by atoms with E-state index in [9.17, 15) is 9.18 Å². The van der Waals surface area contributed by atoms with E-state index in [4.69, 9.17) is 0 Å². The third kappa shape index (κ3) is 2.74. The molecule has 18 heavy (non-hydrogen) atoms. The molecule has 3 heteroatoms. The monoisotopic (exact) mass is 243 g/mol. The van der Waals surface area contributed by atoms with Gasteiger partial charge < -0.3 is 5.32 Å². The van der Waals surface area contributed by atoms with E-state index in [1.54, 1.807) is 31.2 Å². The number of anilines is 1. The molecular formula is C15H14FNO. The predicted molar refractivity (Wildman–Crippen MR) is 70.3 cm³/mol. The summed E-state index contributed by atoms with van der Waals surface area (Å²) in [5, 5.41) is 2.67. The first-order valence-electron chi connectivity index (χ1n) is 5.70. The number of halogens is 1. The molecule has 0 heterocycles. The molecule has 2 aromatic rings. The zero-order valence-electron chi connectivity index (χ0n) is 10.3. The first kappa shape index (κ1) is 12.3. The molecule has 0 aliphatic rings. The van der Waals surface area contributed by atoms with Gasteiger partial charge in [-0.2, -0.15) is 0 Å². The summed E-state index contributed by atoms with van der Waals surface area (Å²) in [5.74, 6) is -0.556. The van der Waals surface area contributed by atoms with Crippen LogP contribution in [0.25, 0.3) is 0 Å². The molecule has 0 radical (unpaired) electrons. The van der Waals surface area contributed by atoms with Crippen LogP contribution in [-0.4, -0.2) is 5.91 Å². The maximum Gasteiger partial charge on any atom is 0.255 e. The highest BCUT2D eigenvalue weighted by Crippen LogP contribution is 2.15. The highest BCUT2D eigenvalue weighted by Gasteiger charge is 2.07. The Kier molecular flexibility index (Phi) is 3.42. The minimum atomic E-state index is -0.322. The smallest absolute Gasteiger partial charge is 0.255 e. The summed E-state index contributed by atoms with van der Waals surface area (Å²) in [6, 6.07) is 11.9.